The van der Waals surface area contributed by atoms with E-state index in [0.29, 0.717) is 38.2 Å². The first-order valence-electron chi connectivity index (χ1n) is 6.42. The van der Waals surface area contributed by atoms with E-state index in [0.717, 1.165) is 0 Å². The lowest BCUT2D eigenvalue weighted by molar-refractivity contribution is -0.121. The van der Waals surface area contributed by atoms with Gasteiger partial charge in [0.2, 0.25) is 5.91 Å². The number of hydrogen-bond acceptors (Lipinski definition) is 4. The molecule has 1 rings (SSSR count). The van der Waals surface area contributed by atoms with Crippen LogP contribution >= 0.6 is 0 Å². The number of ether oxygens (including phenoxy) is 1. The first kappa shape index (κ1) is 16.1. The van der Waals surface area contributed by atoms with Crippen LogP contribution in [0.4, 0.5) is 0 Å². The summed E-state index contributed by atoms with van der Waals surface area (Å²) in [5.41, 5.74) is 0.990. The summed E-state index contributed by atoms with van der Waals surface area (Å²) in [5, 5.41) is 14.8. The molecule has 0 saturated heterocycles. The predicted octanol–water partition coefficient (Wildman–Crippen LogP) is 0.627. The third-order valence-corrected chi connectivity index (χ3v) is 2.72. The first-order chi connectivity index (χ1) is 9.65. The SMILES string of the molecule is COCCNC(=O)CCNCc1ccccc1C(=O)O. The van der Waals surface area contributed by atoms with Crippen LogP contribution in [0.2, 0.25) is 0 Å². The van der Waals surface area contributed by atoms with Gasteiger partial charge in [-0.2, -0.15) is 0 Å². The van der Waals surface area contributed by atoms with Crippen LogP contribution < -0.4 is 10.6 Å². The Morgan fingerprint density at radius 3 is 2.70 bits per heavy atom. The summed E-state index contributed by atoms with van der Waals surface area (Å²) in [5.74, 6) is -0.999. The Hall–Kier alpha value is -1.92. The van der Waals surface area contributed by atoms with E-state index in [1.807, 2.05) is 0 Å². The van der Waals surface area contributed by atoms with Crippen LogP contribution in [0, 0.1) is 0 Å². The quantitative estimate of drug-likeness (QED) is 0.577. The fourth-order valence-corrected chi connectivity index (χ4v) is 1.69. The molecular weight excluding hydrogens is 260 g/mol. The van der Waals surface area contributed by atoms with E-state index in [1.54, 1.807) is 31.4 Å². The summed E-state index contributed by atoms with van der Waals surface area (Å²) >= 11 is 0. The Morgan fingerprint density at radius 2 is 2.00 bits per heavy atom. The maximum atomic E-state index is 11.4. The third-order valence-electron chi connectivity index (χ3n) is 2.72. The topological polar surface area (TPSA) is 87.7 Å². The van der Waals surface area contributed by atoms with Crippen molar-refractivity contribution in [2.24, 2.45) is 0 Å². The highest BCUT2D eigenvalue weighted by atomic mass is 16.5. The molecule has 0 spiro atoms. The largest absolute Gasteiger partial charge is 0.478 e. The highest BCUT2D eigenvalue weighted by Gasteiger charge is 2.08. The van der Waals surface area contributed by atoms with Crippen molar-refractivity contribution in [2.75, 3.05) is 26.8 Å². The van der Waals surface area contributed by atoms with Crippen LogP contribution in [-0.2, 0) is 16.1 Å². The second kappa shape index (κ2) is 9.06. The van der Waals surface area contributed by atoms with Crippen LogP contribution in [0.3, 0.4) is 0 Å². The van der Waals surface area contributed by atoms with Gasteiger partial charge in [0.25, 0.3) is 0 Å². The molecule has 1 amide bonds. The molecule has 0 aliphatic heterocycles. The Kier molecular flexibility index (Phi) is 7.31. The fourth-order valence-electron chi connectivity index (χ4n) is 1.69. The lowest BCUT2D eigenvalue weighted by Crippen LogP contribution is -2.30. The molecular formula is C14H20N2O4. The summed E-state index contributed by atoms with van der Waals surface area (Å²) in [7, 11) is 1.58. The minimum absolute atomic E-state index is 0.0546. The van der Waals surface area contributed by atoms with E-state index in [-0.39, 0.29) is 11.5 Å². The number of carboxylic acid groups (broad SMARTS) is 1. The highest BCUT2D eigenvalue weighted by Crippen LogP contribution is 2.08. The van der Waals surface area contributed by atoms with E-state index >= 15 is 0 Å². The third kappa shape index (κ3) is 5.81. The van der Waals surface area contributed by atoms with Gasteiger partial charge in [0, 0.05) is 33.2 Å². The van der Waals surface area contributed by atoms with Crippen molar-refractivity contribution in [1.82, 2.24) is 10.6 Å². The minimum atomic E-state index is -0.945. The molecule has 0 saturated carbocycles. The van der Waals surface area contributed by atoms with E-state index in [4.69, 9.17) is 9.84 Å². The summed E-state index contributed by atoms with van der Waals surface area (Å²) in [6, 6.07) is 6.81. The second-order valence-electron chi connectivity index (χ2n) is 4.23. The van der Waals surface area contributed by atoms with Gasteiger partial charge in [0.15, 0.2) is 0 Å². The van der Waals surface area contributed by atoms with Gasteiger partial charge in [0.1, 0.15) is 0 Å². The summed E-state index contributed by atoms with van der Waals surface area (Å²) < 4.78 is 4.83. The van der Waals surface area contributed by atoms with Gasteiger partial charge in [0.05, 0.1) is 12.2 Å². The molecule has 0 atom stereocenters. The molecule has 6 heteroatoms. The lowest BCUT2D eigenvalue weighted by atomic mass is 10.1. The van der Waals surface area contributed by atoms with Crippen LogP contribution in [0.5, 0.6) is 0 Å². The van der Waals surface area contributed by atoms with E-state index < -0.39 is 5.97 Å². The molecule has 0 aromatic heterocycles. The van der Waals surface area contributed by atoms with Crippen molar-refractivity contribution < 1.29 is 19.4 Å². The highest BCUT2D eigenvalue weighted by molar-refractivity contribution is 5.89. The van der Waals surface area contributed by atoms with E-state index in [1.165, 1.54) is 0 Å². The maximum Gasteiger partial charge on any atom is 0.336 e. The molecule has 0 radical (unpaired) electrons. The average Bonchev–Trinajstić information content (AvgIpc) is 2.44. The van der Waals surface area contributed by atoms with Gasteiger partial charge in [-0.15, -0.1) is 0 Å². The monoisotopic (exact) mass is 280 g/mol. The van der Waals surface area contributed by atoms with Gasteiger partial charge < -0.3 is 20.5 Å². The summed E-state index contributed by atoms with van der Waals surface area (Å²) in [6.45, 7) is 1.91. The minimum Gasteiger partial charge on any atom is -0.478 e. The molecule has 0 aliphatic carbocycles. The second-order valence-corrected chi connectivity index (χ2v) is 4.23. The molecule has 0 unspecified atom stereocenters. The Bertz CT molecular complexity index is 449. The van der Waals surface area contributed by atoms with Crippen molar-refractivity contribution in [2.45, 2.75) is 13.0 Å². The molecule has 1 aromatic rings. The molecule has 6 nitrogen and oxygen atoms in total. The molecule has 0 bridgehead atoms. The van der Waals surface area contributed by atoms with Gasteiger partial charge >= 0.3 is 5.97 Å². The molecule has 110 valence electrons. The summed E-state index contributed by atoms with van der Waals surface area (Å²) in [6.07, 6.45) is 0.346. The number of hydrogen-bond donors (Lipinski definition) is 3. The smallest absolute Gasteiger partial charge is 0.336 e. The number of rotatable bonds is 9. The van der Waals surface area contributed by atoms with Crippen molar-refractivity contribution in [3.8, 4) is 0 Å². The fraction of sp³-hybridized carbons (Fsp3) is 0.429. The number of methoxy groups -OCH3 is 1. The van der Waals surface area contributed by atoms with Gasteiger partial charge in [-0.1, -0.05) is 18.2 Å². The van der Waals surface area contributed by atoms with Gasteiger partial charge in [-0.3, -0.25) is 4.79 Å². The molecule has 3 N–H and O–H groups in total. The first-order valence-corrected chi connectivity index (χ1v) is 6.42. The van der Waals surface area contributed by atoms with Crippen molar-refractivity contribution in [1.29, 1.82) is 0 Å². The Morgan fingerprint density at radius 1 is 1.25 bits per heavy atom. The van der Waals surface area contributed by atoms with E-state index in [9.17, 15) is 9.59 Å². The van der Waals surface area contributed by atoms with Gasteiger partial charge in [-0.05, 0) is 11.6 Å². The van der Waals surface area contributed by atoms with Crippen LogP contribution in [0.25, 0.3) is 0 Å². The molecule has 0 heterocycles. The van der Waals surface area contributed by atoms with Gasteiger partial charge in [-0.25, -0.2) is 4.79 Å². The number of aromatic carboxylic acids is 1. The lowest BCUT2D eigenvalue weighted by Gasteiger charge is -2.08. The predicted molar refractivity (Wildman–Crippen MR) is 74.6 cm³/mol. The van der Waals surface area contributed by atoms with Crippen LogP contribution in [0.15, 0.2) is 24.3 Å². The zero-order valence-electron chi connectivity index (χ0n) is 11.5. The normalized spacial score (nSPS) is 10.2. The Labute approximate surface area is 118 Å². The van der Waals surface area contributed by atoms with Crippen LogP contribution in [0.1, 0.15) is 22.3 Å². The number of nitrogens with one attached hydrogen (secondary N) is 2. The summed E-state index contributed by atoms with van der Waals surface area (Å²) in [4.78, 5) is 22.4. The average molecular weight is 280 g/mol. The zero-order valence-corrected chi connectivity index (χ0v) is 11.5. The van der Waals surface area contributed by atoms with Crippen molar-refractivity contribution in [3.05, 3.63) is 35.4 Å². The number of benzene rings is 1. The number of carboxylic acids is 1. The van der Waals surface area contributed by atoms with Crippen molar-refractivity contribution >= 4 is 11.9 Å². The molecule has 1 aromatic carbocycles. The van der Waals surface area contributed by atoms with Crippen LogP contribution in [-0.4, -0.2) is 43.8 Å². The number of amides is 1. The molecule has 0 aliphatic rings. The van der Waals surface area contributed by atoms with E-state index in [2.05, 4.69) is 10.6 Å². The zero-order chi connectivity index (χ0) is 14.8. The number of carbonyl (C=O) groups is 2. The standard InChI is InChI=1S/C14H20N2O4/c1-20-9-8-16-13(17)6-7-15-10-11-4-2-3-5-12(11)14(18)19/h2-5,15H,6-10H2,1H3,(H,16,17)(H,18,19). The molecule has 20 heavy (non-hydrogen) atoms. The van der Waals surface area contributed by atoms with Crippen molar-refractivity contribution in [3.63, 3.8) is 0 Å². The maximum absolute atomic E-state index is 11.4. The Balaban J connectivity index is 2.28. The molecule has 0 fully saturated rings. The number of carbonyl (C=O) groups excluding carboxylic acids is 1.